The molecule has 0 radical (unpaired) electrons. The molecule has 1 N–H and O–H groups in total. The average molecular weight is 256 g/mol. The average Bonchev–Trinajstić information content (AvgIpc) is 2.86. The van der Waals surface area contributed by atoms with Gasteiger partial charge in [0.2, 0.25) is 0 Å². The maximum absolute atomic E-state index is 5.48. The van der Waals surface area contributed by atoms with Crippen LogP contribution in [0, 0.1) is 0 Å². The molecule has 0 aliphatic carbocycles. The van der Waals surface area contributed by atoms with Crippen molar-refractivity contribution in [3.8, 4) is 0 Å². The van der Waals surface area contributed by atoms with E-state index in [0.717, 1.165) is 32.2 Å². The molecule has 0 unspecified atom stereocenters. The van der Waals surface area contributed by atoms with Crippen molar-refractivity contribution in [3.05, 3.63) is 35.5 Å². The lowest BCUT2D eigenvalue weighted by Crippen LogP contribution is -2.42. The lowest BCUT2D eigenvalue weighted by Gasteiger charge is -2.36. The minimum absolute atomic E-state index is 0.718. The number of aromatic nitrogens is 1. The number of ether oxygens (including phenoxy) is 1. The topological polar surface area (TPSA) is 28.3 Å². The van der Waals surface area contributed by atoms with Crippen LogP contribution in [0.4, 0.5) is 0 Å². The Morgan fingerprint density at radius 1 is 1.16 bits per heavy atom. The zero-order chi connectivity index (χ0) is 12.7. The molecule has 1 saturated heterocycles. The summed E-state index contributed by atoms with van der Waals surface area (Å²) in [7, 11) is 0. The van der Waals surface area contributed by atoms with Gasteiger partial charge in [0.1, 0.15) is 0 Å². The summed E-state index contributed by atoms with van der Waals surface area (Å²) < 4.78 is 5.48. The fraction of sp³-hybridized carbons (Fsp3) is 0.500. The number of nitrogens with one attached hydrogen (secondary N) is 1. The molecule has 0 amide bonds. The van der Waals surface area contributed by atoms with Gasteiger partial charge >= 0.3 is 0 Å². The van der Waals surface area contributed by atoms with Gasteiger partial charge < -0.3 is 9.72 Å². The van der Waals surface area contributed by atoms with E-state index in [-0.39, 0.29) is 0 Å². The summed E-state index contributed by atoms with van der Waals surface area (Å²) in [6, 6.07) is 9.41. The van der Waals surface area contributed by atoms with Crippen LogP contribution >= 0.6 is 0 Å². The minimum atomic E-state index is 0.718. The van der Waals surface area contributed by atoms with Gasteiger partial charge in [0.15, 0.2) is 0 Å². The zero-order valence-corrected chi connectivity index (χ0v) is 11.2. The second kappa shape index (κ2) is 4.66. The molecule has 3 heteroatoms. The molecule has 0 atom stereocenters. The van der Waals surface area contributed by atoms with Gasteiger partial charge in [-0.1, -0.05) is 18.2 Å². The van der Waals surface area contributed by atoms with Crippen LogP contribution in [0.25, 0.3) is 10.9 Å². The fourth-order valence-corrected chi connectivity index (χ4v) is 3.55. The SMILES string of the molecule is c1ccc2c3c([nH]c2c1)CCN(C1CCOCC1)C3. The van der Waals surface area contributed by atoms with Crippen LogP contribution in [0.3, 0.4) is 0 Å². The van der Waals surface area contributed by atoms with Crippen molar-refractivity contribution in [3.63, 3.8) is 0 Å². The standard InChI is InChI=1S/C16H20N2O/c1-2-4-15-13(3-1)14-11-18(8-5-16(14)17-15)12-6-9-19-10-7-12/h1-4,12,17H,5-11H2. The lowest BCUT2D eigenvalue weighted by molar-refractivity contribution is 0.0291. The smallest absolute Gasteiger partial charge is 0.0480 e. The minimum Gasteiger partial charge on any atom is -0.381 e. The van der Waals surface area contributed by atoms with Gasteiger partial charge in [0, 0.05) is 55.4 Å². The molecule has 2 aliphatic heterocycles. The first-order valence-corrected chi connectivity index (χ1v) is 7.32. The predicted molar refractivity (Wildman–Crippen MR) is 76.3 cm³/mol. The van der Waals surface area contributed by atoms with Gasteiger partial charge in [-0.15, -0.1) is 0 Å². The van der Waals surface area contributed by atoms with Crippen molar-refractivity contribution in [2.75, 3.05) is 19.8 Å². The Balaban J connectivity index is 1.65. The summed E-state index contributed by atoms with van der Waals surface area (Å²) in [6.45, 7) is 4.15. The lowest BCUT2D eigenvalue weighted by atomic mass is 10.00. The number of rotatable bonds is 1. The van der Waals surface area contributed by atoms with E-state index < -0.39 is 0 Å². The van der Waals surface area contributed by atoms with Crippen LogP contribution in [0.15, 0.2) is 24.3 Å². The van der Waals surface area contributed by atoms with Gasteiger partial charge in [0.25, 0.3) is 0 Å². The first-order valence-electron chi connectivity index (χ1n) is 7.32. The van der Waals surface area contributed by atoms with Crippen molar-refractivity contribution >= 4 is 10.9 Å². The predicted octanol–water partition coefficient (Wildman–Crippen LogP) is 2.71. The summed E-state index contributed by atoms with van der Waals surface area (Å²) in [5.41, 5.74) is 4.26. The van der Waals surface area contributed by atoms with Crippen molar-refractivity contribution in [2.24, 2.45) is 0 Å². The van der Waals surface area contributed by atoms with E-state index >= 15 is 0 Å². The molecule has 0 bridgehead atoms. The van der Waals surface area contributed by atoms with Gasteiger partial charge in [0.05, 0.1) is 0 Å². The van der Waals surface area contributed by atoms with Crippen molar-refractivity contribution in [1.29, 1.82) is 0 Å². The molecule has 19 heavy (non-hydrogen) atoms. The van der Waals surface area contributed by atoms with Crippen molar-refractivity contribution in [2.45, 2.75) is 31.8 Å². The second-order valence-electron chi connectivity index (χ2n) is 5.69. The molecule has 1 fully saturated rings. The highest BCUT2D eigenvalue weighted by atomic mass is 16.5. The van der Waals surface area contributed by atoms with Crippen LogP contribution in [0.2, 0.25) is 0 Å². The van der Waals surface area contributed by atoms with E-state index in [1.807, 2.05) is 0 Å². The zero-order valence-electron chi connectivity index (χ0n) is 11.2. The maximum Gasteiger partial charge on any atom is 0.0480 e. The first kappa shape index (κ1) is 11.5. The van der Waals surface area contributed by atoms with Crippen molar-refractivity contribution < 1.29 is 4.74 Å². The second-order valence-corrected chi connectivity index (χ2v) is 5.69. The Kier molecular flexibility index (Phi) is 2.82. The number of fused-ring (bicyclic) bond motifs is 3. The molecule has 1 aromatic carbocycles. The first-order chi connectivity index (χ1) is 9.42. The molecule has 4 rings (SSSR count). The molecule has 2 aromatic rings. The van der Waals surface area contributed by atoms with Crippen LogP contribution in [-0.4, -0.2) is 35.7 Å². The highest BCUT2D eigenvalue weighted by Gasteiger charge is 2.27. The summed E-state index contributed by atoms with van der Waals surface area (Å²) in [6.07, 6.45) is 3.54. The molecule has 0 spiro atoms. The number of hydrogen-bond donors (Lipinski definition) is 1. The number of para-hydroxylation sites is 1. The molecule has 1 aromatic heterocycles. The molecule has 100 valence electrons. The van der Waals surface area contributed by atoms with Gasteiger partial charge in [-0.05, 0) is 24.5 Å². The molecular formula is C16H20N2O. The number of aromatic amines is 1. The Morgan fingerprint density at radius 3 is 2.89 bits per heavy atom. The summed E-state index contributed by atoms with van der Waals surface area (Å²) >= 11 is 0. The quantitative estimate of drug-likeness (QED) is 0.849. The Bertz CT molecular complexity index is 583. The van der Waals surface area contributed by atoms with Crippen LogP contribution < -0.4 is 0 Å². The summed E-state index contributed by atoms with van der Waals surface area (Å²) in [5, 5.41) is 1.41. The number of H-pyrrole nitrogens is 1. The van der Waals surface area contributed by atoms with E-state index in [1.54, 1.807) is 0 Å². The van der Waals surface area contributed by atoms with Gasteiger partial charge in [-0.2, -0.15) is 0 Å². The van der Waals surface area contributed by atoms with Crippen LogP contribution in [-0.2, 0) is 17.7 Å². The largest absolute Gasteiger partial charge is 0.381 e. The van der Waals surface area contributed by atoms with E-state index in [1.165, 1.54) is 41.5 Å². The molecule has 0 saturated carbocycles. The third kappa shape index (κ3) is 1.97. The van der Waals surface area contributed by atoms with E-state index in [9.17, 15) is 0 Å². The number of benzene rings is 1. The summed E-state index contributed by atoms with van der Waals surface area (Å²) in [5.74, 6) is 0. The normalized spacial score (nSPS) is 21.7. The third-order valence-corrected chi connectivity index (χ3v) is 4.62. The number of hydrogen-bond acceptors (Lipinski definition) is 2. The van der Waals surface area contributed by atoms with Gasteiger partial charge in [-0.3, -0.25) is 4.90 Å². The van der Waals surface area contributed by atoms with Crippen molar-refractivity contribution in [1.82, 2.24) is 9.88 Å². The fourth-order valence-electron chi connectivity index (χ4n) is 3.55. The van der Waals surface area contributed by atoms with E-state index in [2.05, 4.69) is 34.1 Å². The van der Waals surface area contributed by atoms with Crippen LogP contribution in [0.5, 0.6) is 0 Å². The summed E-state index contributed by atoms with van der Waals surface area (Å²) in [4.78, 5) is 6.25. The monoisotopic (exact) mass is 256 g/mol. The maximum atomic E-state index is 5.48. The molecular weight excluding hydrogens is 236 g/mol. The van der Waals surface area contributed by atoms with E-state index in [4.69, 9.17) is 4.74 Å². The highest BCUT2D eigenvalue weighted by Crippen LogP contribution is 2.29. The Morgan fingerprint density at radius 2 is 2.00 bits per heavy atom. The Labute approximate surface area is 113 Å². The molecule has 3 heterocycles. The Hall–Kier alpha value is -1.32. The molecule has 2 aliphatic rings. The van der Waals surface area contributed by atoms with E-state index in [0.29, 0.717) is 0 Å². The number of nitrogens with zero attached hydrogens (tertiary/aromatic N) is 1. The molecule has 3 nitrogen and oxygen atoms in total. The van der Waals surface area contributed by atoms with Gasteiger partial charge in [-0.25, -0.2) is 0 Å². The van der Waals surface area contributed by atoms with Crippen LogP contribution in [0.1, 0.15) is 24.1 Å². The third-order valence-electron chi connectivity index (χ3n) is 4.62. The highest BCUT2D eigenvalue weighted by molar-refractivity contribution is 5.84.